The Morgan fingerprint density at radius 1 is 0.565 bits per heavy atom. The summed E-state index contributed by atoms with van der Waals surface area (Å²) in [4.78, 5) is 25.2. The van der Waals surface area contributed by atoms with E-state index in [4.69, 9.17) is 9.47 Å². The lowest BCUT2D eigenvalue weighted by Gasteiger charge is -2.11. The summed E-state index contributed by atoms with van der Waals surface area (Å²) in [5.74, 6) is -1.53. The van der Waals surface area contributed by atoms with Crippen LogP contribution in [0.15, 0.2) is 47.4 Å². The number of carbonyl (C=O) groups is 2. The van der Waals surface area contributed by atoms with Crippen molar-refractivity contribution >= 4 is 22.1 Å². The molecule has 7 nitrogen and oxygen atoms in total. The Morgan fingerprint density at radius 2 is 0.935 bits per heavy atom. The van der Waals surface area contributed by atoms with E-state index < -0.39 is 27.0 Å². The molecule has 1 N–H and O–H groups in total. The van der Waals surface area contributed by atoms with Crippen molar-refractivity contribution in [1.82, 2.24) is 0 Å². The molecule has 1 rings (SSSR count). The summed E-state index contributed by atoms with van der Waals surface area (Å²) in [7, 11) is -4.56. The minimum atomic E-state index is -4.56. The van der Waals surface area contributed by atoms with Gasteiger partial charge in [0.05, 0.1) is 29.2 Å². The number of rotatable bonds is 29. The lowest BCUT2D eigenvalue weighted by molar-refractivity contribution is 0.0450. The zero-order valence-corrected chi connectivity index (χ0v) is 29.6. The number of allylic oxidation sites excluding steroid dienone is 4. The quantitative estimate of drug-likeness (QED) is 0.0393. The van der Waals surface area contributed by atoms with Gasteiger partial charge >= 0.3 is 11.9 Å². The highest BCUT2D eigenvalue weighted by atomic mass is 32.2. The first-order valence-electron chi connectivity index (χ1n) is 18.1. The van der Waals surface area contributed by atoms with Gasteiger partial charge in [-0.15, -0.1) is 0 Å². The number of benzene rings is 1. The maximum absolute atomic E-state index is 12.8. The maximum Gasteiger partial charge on any atom is 0.339 e. The van der Waals surface area contributed by atoms with Crippen LogP contribution in [0, 0.1) is 0 Å². The summed E-state index contributed by atoms with van der Waals surface area (Å²) >= 11 is 0. The molecule has 0 bridgehead atoms. The SMILES string of the molecule is CCCCCCC/C=C/CCCCCCOC(=O)c1ccc(S(=O)(=O)O)cc1C(=O)OCCCCCC/C=C/CCCCCCC. The van der Waals surface area contributed by atoms with E-state index in [9.17, 15) is 22.6 Å². The highest BCUT2D eigenvalue weighted by Gasteiger charge is 2.23. The standard InChI is InChI=1S/C38H62O7S/c1-3-5-7-9-11-13-15-17-19-21-23-25-27-31-44-37(39)35-30-29-34(46(41,42)43)33-36(35)38(40)45-32-28-26-24-22-20-18-16-14-12-10-8-6-4-2/h15-18,29-30,33H,3-14,19-28,31-32H2,1-2H3,(H,41,42,43)/b17-15+,18-16+. The molecule has 0 spiro atoms. The van der Waals surface area contributed by atoms with Crippen molar-refractivity contribution < 1.29 is 32.0 Å². The van der Waals surface area contributed by atoms with E-state index in [1.165, 1.54) is 70.3 Å². The molecule has 46 heavy (non-hydrogen) atoms. The van der Waals surface area contributed by atoms with Crippen molar-refractivity contribution in [2.24, 2.45) is 0 Å². The van der Waals surface area contributed by atoms with Crippen LogP contribution < -0.4 is 0 Å². The van der Waals surface area contributed by atoms with Crippen molar-refractivity contribution in [1.29, 1.82) is 0 Å². The Morgan fingerprint density at radius 3 is 1.33 bits per heavy atom. The monoisotopic (exact) mass is 662 g/mol. The summed E-state index contributed by atoms with van der Waals surface area (Å²) in [5, 5.41) is 0. The summed E-state index contributed by atoms with van der Waals surface area (Å²) in [6.45, 7) is 4.82. The van der Waals surface area contributed by atoms with Crippen molar-refractivity contribution in [3.05, 3.63) is 53.6 Å². The zero-order chi connectivity index (χ0) is 33.7. The molecule has 0 radical (unpaired) electrons. The fourth-order valence-corrected chi connectivity index (χ4v) is 5.66. The number of unbranched alkanes of at least 4 members (excludes halogenated alkanes) is 18. The molecule has 0 atom stereocenters. The summed E-state index contributed by atoms with van der Waals surface area (Å²) < 4.78 is 43.6. The van der Waals surface area contributed by atoms with E-state index in [2.05, 4.69) is 38.2 Å². The minimum absolute atomic E-state index is 0.0746. The fraction of sp³-hybridized carbons (Fsp3) is 0.684. The van der Waals surface area contributed by atoms with Crippen LogP contribution in [-0.4, -0.2) is 38.1 Å². The smallest absolute Gasteiger partial charge is 0.339 e. The third-order valence-electron chi connectivity index (χ3n) is 8.01. The lowest BCUT2D eigenvalue weighted by Crippen LogP contribution is -2.16. The van der Waals surface area contributed by atoms with Gasteiger partial charge in [0, 0.05) is 0 Å². The first-order chi connectivity index (χ1) is 22.3. The van der Waals surface area contributed by atoms with Gasteiger partial charge in [-0.3, -0.25) is 4.55 Å². The molecule has 8 heteroatoms. The molecule has 0 fully saturated rings. The third kappa shape index (κ3) is 21.4. The number of ether oxygens (including phenoxy) is 2. The zero-order valence-electron chi connectivity index (χ0n) is 28.8. The van der Waals surface area contributed by atoms with Crippen LogP contribution in [0.1, 0.15) is 176 Å². The van der Waals surface area contributed by atoms with Crippen molar-refractivity contribution in [2.45, 2.75) is 160 Å². The summed E-state index contributed by atoms with van der Waals surface area (Å²) in [5.41, 5.74) is -0.300. The third-order valence-corrected chi connectivity index (χ3v) is 8.86. The number of carbonyl (C=O) groups excluding carboxylic acids is 2. The average molecular weight is 663 g/mol. The second-order valence-electron chi connectivity index (χ2n) is 12.2. The Labute approximate surface area is 280 Å². The van der Waals surface area contributed by atoms with Crippen molar-refractivity contribution in [3.63, 3.8) is 0 Å². The number of esters is 2. The van der Waals surface area contributed by atoms with Crippen molar-refractivity contribution in [2.75, 3.05) is 13.2 Å². The van der Waals surface area contributed by atoms with Crippen LogP contribution >= 0.6 is 0 Å². The average Bonchev–Trinajstić information content (AvgIpc) is 3.04. The molecule has 0 saturated carbocycles. The van der Waals surface area contributed by atoms with Gasteiger partial charge in [0.1, 0.15) is 0 Å². The van der Waals surface area contributed by atoms with Crippen LogP contribution in [-0.2, 0) is 19.6 Å². The van der Waals surface area contributed by atoms with Gasteiger partial charge in [0.15, 0.2) is 0 Å². The molecule has 0 aromatic heterocycles. The molecule has 0 aliphatic rings. The Bertz CT molecular complexity index is 1110. The molecular formula is C38H62O7S. The Kier molecular flexibility index (Phi) is 25.0. The van der Waals surface area contributed by atoms with Gasteiger partial charge in [-0.25, -0.2) is 9.59 Å². The van der Waals surface area contributed by atoms with E-state index >= 15 is 0 Å². The number of hydrogen-bond donors (Lipinski definition) is 1. The van der Waals surface area contributed by atoms with E-state index in [0.717, 1.165) is 76.3 Å². The minimum Gasteiger partial charge on any atom is -0.462 e. The van der Waals surface area contributed by atoms with Gasteiger partial charge in [-0.1, -0.05) is 115 Å². The first-order valence-corrected chi connectivity index (χ1v) is 19.5. The van der Waals surface area contributed by atoms with Gasteiger partial charge in [-0.2, -0.15) is 8.42 Å². The van der Waals surface area contributed by atoms with Gasteiger partial charge in [0.2, 0.25) is 0 Å². The number of hydrogen-bond acceptors (Lipinski definition) is 6. The topological polar surface area (TPSA) is 107 Å². The normalized spacial score (nSPS) is 11.9. The summed E-state index contributed by atoms with van der Waals surface area (Å²) in [6, 6.07) is 3.25. The highest BCUT2D eigenvalue weighted by molar-refractivity contribution is 7.85. The lowest BCUT2D eigenvalue weighted by atomic mass is 10.1. The predicted octanol–water partition coefficient (Wildman–Crippen LogP) is 11.0. The van der Waals surface area contributed by atoms with E-state index in [-0.39, 0.29) is 24.3 Å². The highest BCUT2D eigenvalue weighted by Crippen LogP contribution is 2.19. The molecule has 0 saturated heterocycles. The maximum atomic E-state index is 12.8. The molecule has 0 aliphatic carbocycles. The largest absolute Gasteiger partial charge is 0.462 e. The van der Waals surface area contributed by atoms with E-state index in [0.29, 0.717) is 12.8 Å². The molecule has 0 unspecified atom stereocenters. The molecule has 0 aliphatic heterocycles. The van der Waals surface area contributed by atoms with Crippen LogP contribution in [0.2, 0.25) is 0 Å². The summed E-state index contributed by atoms with van der Waals surface area (Å²) in [6.07, 6.45) is 33.8. The molecule has 1 aromatic rings. The van der Waals surface area contributed by atoms with Crippen LogP contribution in [0.3, 0.4) is 0 Å². The van der Waals surface area contributed by atoms with E-state index in [1.54, 1.807) is 0 Å². The molecule has 262 valence electrons. The molecule has 0 heterocycles. The van der Waals surface area contributed by atoms with Crippen molar-refractivity contribution in [3.8, 4) is 0 Å². The fourth-order valence-electron chi connectivity index (χ4n) is 5.15. The van der Waals surface area contributed by atoms with Crippen LogP contribution in [0.4, 0.5) is 0 Å². The predicted molar refractivity (Wildman–Crippen MR) is 188 cm³/mol. The molecule has 1 aromatic carbocycles. The van der Waals surface area contributed by atoms with Crippen LogP contribution in [0.25, 0.3) is 0 Å². The first kappa shape index (κ1) is 41.6. The molecular weight excluding hydrogens is 600 g/mol. The van der Waals surface area contributed by atoms with Crippen LogP contribution in [0.5, 0.6) is 0 Å². The van der Waals surface area contributed by atoms with Gasteiger partial charge in [0.25, 0.3) is 10.1 Å². The Balaban J connectivity index is 2.37. The van der Waals surface area contributed by atoms with Gasteiger partial charge in [-0.05, 0) is 82.4 Å². The molecule has 0 amide bonds. The van der Waals surface area contributed by atoms with E-state index in [1.807, 2.05) is 0 Å². The second kappa shape index (κ2) is 27.6. The second-order valence-corrected chi connectivity index (χ2v) is 13.6. The Hall–Kier alpha value is -2.45. The van der Waals surface area contributed by atoms with Gasteiger partial charge < -0.3 is 9.47 Å².